The van der Waals surface area contributed by atoms with E-state index in [1.165, 1.54) is 19.3 Å². The summed E-state index contributed by atoms with van der Waals surface area (Å²) in [5.41, 5.74) is 0. The summed E-state index contributed by atoms with van der Waals surface area (Å²) < 4.78 is 5.19. The maximum atomic E-state index is 11.6. The first-order valence-corrected chi connectivity index (χ1v) is 4.96. The number of Topliss-reactive ketones (excluding diaryl/α,β-unsaturated/α-hetero) is 1. The SMILES string of the molecule is O=C(CC1CCC1)C1CCOC1. The van der Waals surface area contributed by atoms with Crippen LogP contribution in [0.15, 0.2) is 0 Å². The van der Waals surface area contributed by atoms with Gasteiger partial charge >= 0.3 is 0 Å². The van der Waals surface area contributed by atoms with Crippen LogP contribution in [0.2, 0.25) is 0 Å². The van der Waals surface area contributed by atoms with E-state index in [9.17, 15) is 4.79 Å². The molecule has 1 aliphatic heterocycles. The molecular weight excluding hydrogens is 152 g/mol. The van der Waals surface area contributed by atoms with Gasteiger partial charge in [-0.3, -0.25) is 4.79 Å². The molecule has 1 unspecified atom stereocenters. The summed E-state index contributed by atoms with van der Waals surface area (Å²) in [6.45, 7) is 1.48. The Labute approximate surface area is 73.3 Å². The predicted octanol–water partition coefficient (Wildman–Crippen LogP) is 1.78. The van der Waals surface area contributed by atoms with Gasteiger partial charge in [0.1, 0.15) is 5.78 Å². The van der Waals surface area contributed by atoms with E-state index in [1.807, 2.05) is 0 Å². The van der Waals surface area contributed by atoms with Gasteiger partial charge in [-0.1, -0.05) is 19.3 Å². The van der Waals surface area contributed by atoms with Crippen molar-refractivity contribution in [2.75, 3.05) is 13.2 Å². The molecule has 0 aromatic carbocycles. The third-order valence-corrected chi connectivity index (χ3v) is 3.10. The van der Waals surface area contributed by atoms with Crippen LogP contribution in [0.5, 0.6) is 0 Å². The van der Waals surface area contributed by atoms with Crippen molar-refractivity contribution in [1.82, 2.24) is 0 Å². The minimum atomic E-state index is 0.241. The van der Waals surface area contributed by atoms with Crippen LogP contribution in [0.25, 0.3) is 0 Å². The number of ketones is 1. The Kier molecular flexibility index (Phi) is 2.45. The van der Waals surface area contributed by atoms with Gasteiger partial charge in [0, 0.05) is 18.9 Å². The molecule has 1 saturated heterocycles. The van der Waals surface area contributed by atoms with Crippen molar-refractivity contribution in [3.05, 3.63) is 0 Å². The second kappa shape index (κ2) is 3.56. The van der Waals surface area contributed by atoms with Crippen molar-refractivity contribution in [3.63, 3.8) is 0 Å². The van der Waals surface area contributed by atoms with Crippen LogP contribution >= 0.6 is 0 Å². The van der Waals surface area contributed by atoms with Crippen LogP contribution in [0, 0.1) is 11.8 Å². The zero-order valence-corrected chi connectivity index (χ0v) is 7.42. The fraction of sp³-hybridized carbons (Fsp3) is 0.900. The average molecular weight is 168 g/mol. The number of hydrogen-bond donors (Lipinski definition) is 0. The van der Waals surface area contributed by atoms with Crippen LogP contribution < -0.4 is 0 Å². The lowest BCUT2D eigenvalue weighted by Crippen LogP contribution is -2.21. The van der Waals surface area contributed by atoms with E-state index >= 15 is 0 Å². The molecule has 0 amide bonds. The van der Waals surface area contributed by atoms with Crippen LogP contribution in [0.4, 0.5) is 0 Å². The fourth-order valence-electron chi connectivity index (χ4n) is 1.94. The Morgan fingerprint density at radius 2 is 2.17 bits per heavy atom. The molecule has 68 valence electrons. The molecule has 1 saturated carbocycles. The zero-order valence-electron chi connectivity index (χ0n) is 7.42. The third-order valence-electron chi connectivity index (χ3n) is 3.10. The first kappa shape index (κ1) is 8.24. The van der Waals surface area contributed by atoms with Crippen LogP contribution in [0.3, 0.4) is 0 Å². The lowest BCUT2D eigenvalue weighted by Gasteiger charge is -2.25. The maximum absolute atomic E-state index is 11.6. The van der Waals surface area contributed by atoms with Gasteiger partial charge in [0.15, 0.2) is 0 Å². The highest BCUT2D eigenvalue weighted by atomic mass is 16.5. The molecule has 0 N–H and O–H groups in total. The number of carbonyl (C=O) groups is 1. The number of hydrogen-bond acceptors (Lipinski definition) is 2. The van der Waals surface area contributed by atoms with Gasteiger partial charge in [0.05, 0.1) is 6.61 Å². The van der Waals surface area contributed by atoms with Gasteiger partial charge in [-0.2, -0.15) is 0 Å². The Hall–Kier alpha value is -0.370. The first-order valence-electron chi connectivity index (χ1n) is 4.96. The molecule has 1 atom stereocenters. The number of rotatable bonds is 3. The van der Waals surface area contributed by atoms with E-state index in [2.05, 4.69) is 0 Å². The molecule has 1 heterocycles. The van der Waals surface area contributed by atoms with Crippen LogP contribution in [-0.4, -0.2) is 19.0 Å². The van der Waals surface area contributed by atoms with Crippen LogP contribution in [0.1, 0.15) is 32.1 Å². The topological polar surface area (TPSA) is 26.3 Å². The molecule has 0 aromatic heterocycles. The summed E-state index contributed by atoms with van der Waals surface area (Å²) >= 11 is 0. The smallest absolute Gasteiger partial charge is 0.138 e. The maximum Gasteiger partial charge on any atom is 0.138 e. The highest BCUT2D eigenvalue weighted by Gasteiger charge is 2.27. The van der Waals surface area contributed by atoms with Gasteiger partial charge < -0.3 is 4.74 Å². The number of ether oxygens (including phenoxy) is 1. The van der Waals surface area contributed by atoms with Crippen LogP contribution in [-0.2, 0) is 9.53 Å². The predicted molar refractivity (Wildman–Crippen MR) is 45.9 cm³/mol. The van der Waals surface area contributed by atoms with E-state index in [-0.39, 0.29) is 5.92 Å². The van der Waals surface area contributed by atoms with Crippen molar-refractivity contribution in [2.45, 2.75) is 32.1 Å². The van der Waals surface area contributed by atoms with E-state index < -0.39 is 0 Å². The van der Waals surface area contributed by atoms with Crippen molar-refractivity contribution in [3.8, 4) is 0 Å². The Morgan fingerprint density at radius 3 is 2.67 bits per heavy atom. The standard InChI is InChI=1S/C10H16O2/c11-10(6-8-2-1-3-8)9-4-5-12-7-9/h8-9H,1-7H2. The van der Waals surface area contributed by atoms with E-state index in [4.69, 9.17) is 4.74 Å². The van der Waals surface area contributed by atoms with Crippen molar-refractivity contribution in [1.29, 1.82) is 0 Å². The summed E-state index contributed by atoms with van der Waals surface area (Å²) in [7, 11) is 0. The molecule has 12 heavy (non-hydrogen) atoms. The molecule has 0 aromatic rings. The summed E-state index contributed by atoms with van der Waals surface area (Å²) in [6, 6.07) is 0. The Balaban J connectivity index is 1.74. The summed E-state index contributed by atoms with van der Waals surface area (Å²) in [5, 5.41) is 0. The Bertz CT molecular complexity index is 167. The minimum absolute atomic E-state index is 0.241. The lowest BCUT2D eigenvalue weighted by molar-refractivity contribution is -0.124. The fourth-order valence-corrected chi connectivity index (χ4v) is 1.94. The minimum Gasteiger partial charge on any atom is -0.381 e. The molecule has 2 rings (SSSR count). The Morgan fingerprint density at radius 1 is 1.33 bits per heavy atom. The van der Waals surface area contributed by atoms with Gasteiger partial charge in [-0.15, -0.1) is 0 Å². The molecule has 1 aliphatic carbocycles. The van der Waals surface area contributed by atoms with Gasteiger partial charge in [-0.25, -0.2) is 0 Å². The largest absolute Gasteiger partial charge is 0.381 e. The van der Waals surface area contributed by atoms with Gasteiger partial charge in [0.2, 0.25) is 0 Å². The van der Waals surface area contributed by atoms with E-state index in [0.717, 1.165) is 25.4 Å². The monoisotopic (exact) mass is 168 g/mol. The summed E-state index contributed by atoms with van der Waals surface area (Å²) in [4.78, 5) is 11.6. The second-order valence-electron chi connectivity index (χ2n) is 4.03. The molecule has 2 nitrogen and oxygen atoms in total. The van der Waals surface area contributed by atoms with Crippen molar-refractivity contribution >= 4 is 5.78 Å². The second-order valence-corrected chi connectivity index (χ2v) is 4.03. The highest BCUT2D eigenvalue weighted by molar-refractivity contribution is 5.81. The molecule has 0 bridgehead atoms. The lowest BCUT2D eigenvalue weighted by atomic mass is 9.80. The quantitative estimate of drug-likeness (QED) is 0.642. The summed E-state index contributed by atoms with van der Waals surface area (Å²) in [5.74, 6) is 1.42. The molecular formula is C10H16O2. The third kappa shape index (κ3) is 1.69. The highest BCUT2D eigenvalue weighted by Crippen LogP contribution is 2.31. The van der Waals surface area contributed by atoms with Gasteiger partial charge in [0.25, 0.3) is 0 Å². The summed E-state index contributed by atoms with van der Waals surface area (Å²) in [6.07, 6.45) is 5.68. The van der Waals surface area contributed by atoms with Gasteiger partial charge in [-0.05, 0) is 12.3 Å². The van der Waals surface area contributed by atoms with Crippen molar-refractivity contribution < 1.29 is 9.53 Å². The molecule has 2 fully saturated rings. The first-order chi connectivity index (χ1) is 5.86. The normalized spacial score (nSPS) is 30.2. The average Bonchev–Trinajstić information content (AvgIpc) is 2.47. The van der Waals surface area contributed by atoms with Crippen molar-refractivity contribution in [2.24, 2.45) is 11.8 Å². The molecule has 0 spiro atoms. The van der Waals surface area contributed by atoms with E-state index in [1.54, 1.807) is 0 Å². The number of carbonyl (C=O) groups excluding carboxylic acids is 1. The molecule has 0 radical (unpaired) electrons. The zero-order chi connectivity index (χ0) is 8.39. The molecule has 2 aliphatic rings. The van der Waals surface area contributed by atoms with E-state index in [0.29, 0.717) is 12.4 Å². The molecule has 2 heteroatoms.